The van der Waals surface area contributed by atoms with Crippen LogP contribution in [0.25, 0.3) is 0 Å². The van der Waals surface area contributed by atoms with Crippen LogP contribution in [-0.4, -0.2) is 42.1 Å². The Hall–Kier alpha value is -3.55. The summed E-state index contributed by atoms with van der Waals surface area (Å²) in [5.74, 6) is 0.498. The van der Waals surface area contributed by atoms with Crippen molar-refractivity contribution in [2.75, 3.05) is 25.5 Å². The van der Waals surface area contributed by atoms with Gasteiger partial charge >= 0.3 is 6.03 Å². The van der Waals surface area contributed by atoms with E-state index in [9.17, 15) is 14.7 Å². The van der Waals surface area contributed by atoms with E-state index in [1.54, 1.807) is 36.3 Å². The van der Waals surface area contributed by atoms with E-state index in [4.69, 9.17) is 16.3 Å². The minimum atomic E-state index is -1.02. The molecule has 0 spiro atoms. The molecule has 0 aliphatic carbocycles. The number of halogens is 1. The van der Waals surface area contributed by atoms with Crippen LogP contribution >= 0.6 is 11.6 Å². The summed E-state index contributed by atoms with van der Waals surface area (Å²) in [5.41, 5.74) is 1.02. The van der Waals surface area contributed by atoms with E-state index in [0.29, 0.717) is 42.2 Å². The van der Waals surface area contributed by atoms with Crippen LogP contribution in [0.3, 0.4) is 0 Å². The van der Waals surface area contributed by atoms with E-state index in [1.807, 2.05) is 54.6 Å². The number of benzene rings is 3. The Labute approximate surface area is 209 Å². The molecule has 8 heteroatoms. The fourth-order valence-corrected chi connectivity index (χ4v) is 4.36. The van der Waals surface area contributed by atoms with E-state index >= 15 is 0 Å². The molecule has 1 heterocycles. The maximum Gasteiger partial charge on any atom is 0.320 e. The Balaban J connectivity index is 1.45. The van der Waals surface area contributed by atoms with Gasteiger partial charge in [-0.1, -0.05) is 54.1 Å². The summed E-state index contributed by atoms with van der Waals surface area (Å²) in [6, 6.07) is 21.8. The molecule has 0 unspecified atom stereocenters. The molecule has 4 rings (SSSR count). The smallest absolute Gasteiger partial charge is 0.320 e. The lowest BCUT2D eigenvalue weighted by atomic mass is 9.84. The van der Waals surface area contributed by atoms with E-state index in [0.717, 1.165) is 11.3 Å². The zero-order valence-electron chi connectivity index (χ0n) is 19.4. The van der Waals surface area contributed by atoms with Crippen molar-refractivity contribution in [3.63, 3.8) is 0 Å². The summed E-state index contributed by atoms with van der Waals surface area (Å²) in [7, 11) is 1.60. The lowest BCUT2D eigenvalue weighted by Gasteiger charge is -2.39. The minimum Gasteiger partial charge on any atom is -0.497 e. The van der Waals surface area contributed by atoms with Gasteiger partial charge in [0, 0.05) is 23.8 Å². The summed E-state index contributed by atoms with van der Waals surface area (Å²) in [6.45, 7) is 0.732. The lowest BCUT2D eigenvalue weighted by molar-refractivity contribution is -0.138. The van der Waals surface area contributed by atoms with Crippen LogP contribution in [0.4, 0.5) is 10.5 Å². The zero-order valence-corrected chi connectivity index (χ0v) is 20.2. The molecule has 1 aliphatic rings. The van der Waals surface area contributed by atoms with E-state index in [1.165, 1.54) is 0 Å². The summed E-state index contributed by atoms with van der Waals surface area (Å²) >= 11 is 5.91. The van der Waals surface area contributed by atoms with Crippen LogP contribution in [0.5, 0.6) is 5.75 Å². The predicted octanol–water partition coefficient (Wildman–Crippen LogP) is 4.72. The van der Waals surface area contributed by atoms with Crippen molar-refractivity contribution >= 4 is 29.2 Å². The van der Waals surface area contributed by atoms with Crippen LogP contribution in [0, 0.1) is 0 Å². The summed E-state index contributed by atoms with van der Waals surface area (Å²) in [4.78, 5) is 28.0. The quantitative estimate of drug-likeness (QED) is 0.463. The van der Waals surface area contributed by atoms with Gasteiger partial charge in [0.1, 0.15) is 11.8 Å². The fourth-order valence-electron chi connectivity index (χ4n) is 4.23. The second kappa shape index (κ2) is 10.8. The van der Waals surface area contributed by atoms with Crippen molar-refractivity contribution in [1.82, 2.24) is 10.2 Å². The molecule has 35 heavy (non-hydrogen) atoms. The van der Waals surface area contributed by atoms with Gasteiger partial charge in [0.05, 0.1) is 12.7 Å². The van der Waals surface area contributed by atoms with Crippen LogP contribution in [0.1, 0.15) is 30.0 Å². The highest BCUT2D eigenvalue weighted by atomic mass is 35.5. The number of methoxy groups -OCH3 is 1. The molecule has 0 bridgehead atoms. The number of carbonyl (C=O) groups is 2. The molecule has 0 saturated carbocycles. The van der Waals surface area contributed by atoms with Gasteiger partial charge in [0.15, 0.2) is 0 Å². The first-order valence-corrected chi connectivity index (χ1v) is 11.8. The third-order valence-corrected chi connectivity index (χ3v) is 6.54. The second-order valence-corrected chi connectivity index (χ2v) is 8.97. The number of anilines is 1. The van der Waals surface area contributed by atoms with E-state index < -0.39 is 17.7 Å². The molecule has 1 saturated heterocycles. The van der Waals surface area contributed by atoms with Gasteiger partial charge in [0.2, 0.25) is 5.91 Å². The molecule has 1 atom stereocenters. The summed E-state index contributed by atoms with van der Waals surface area (Å²) in [5, 5.41) is 17.3. The molecule has 0 aromatic heterocycles. The van der Waals surface area contributed by atoms with Crippen molar-refractivity contribution in [3.8, 4) is 5.75 Å². The standard InChI is InChI=1S/C27H28ClN3O4/c1-35-23-13-7-20(8-14-23)27(34)15-17-31(18-16-27)25(32)24(19-5-3-2-4-6-19)30-26(33)29-22-11-9-21(28)10-12-22/h2-14,24,34H,15-18H2,1H3,(H2,29,30,33)/t24-/m1/s1. The monoisotopic (exact) mass is 493 g/mol. The maximum absolute atomic E-state index is 13.5. The second-order valence-electron chi connectivity index (χ2n) is 8.53. The van der Waals surface area contributed by atoms with Crippen molar-refractivity contribution in [2.45, 2.75) is 24.5 Å². The van der Waals surface area contributed by atoms with E-state index in [2.05, 4.69) is 10.6 Å². The van der Waals surface area contributed by atoms with Gasteiger partial charge in [-0.15, -0.1) is 0 Å². The number of urea groups is 1. The average molecular weight is 494 g/mol. The Kier molecular flexibility index (Phi) is 7.58. The Morgan fingerprint density at radius 1 is 0.971 bits per heavy atom. The molecule has 3 aromatic rings. The molecule has 182 valence electrons. The molecule has 3 amide bonds. The molecule has 7 nitrogen and oxygen atoms in total. The molecular formula is C27H28ClN3O4. The number of ether oxygens (including phenoxy) is 1. The number of hydrogen-bond donors (Lipinski definition) is 3. The van der Waals surface area contributed by atoms with Gasteiger partial charge in [-0.05, 0) is 60.4 Å². The minimum absolute atomic E-state index is 0.223. The average Bonchev–Trinajstić information content (AvgIpc) is 2.89. The number of carbonyl (C=O) groups excluding carboxylic acids is 2. The molecule has 1 fully saturated rings. The normalized spacial score (nSPS) is 15.7. The third kappa shape index (κ3) is 5.93. The molecular weight excluding hydrogens is 466 g/mol. The first kappa shape index (κ1) is 24.6. The number of piperidine rings is 1. The Morgan fingerprint density at radius 3 is 2.20 bits per heavy atom. The van der Waals surface area contributed by atoms with Crippen molar-refractivity contribution < 1.29 is 19.4 Å². The highest BCUT2D eigenvalue weighted by Gasteiger charge is 2.37. The molecule has 3 aromatic carbocycles. The first-order valence-electron chi connectivity index (χ1n) is 11.4. The van der Waals surface area contributed by atoms with Crippen LogP contribution in [0.15, 0.2) is 78.9 Å². The highest BCUT2D eigenvalue weighted by Crippen LogP contribution is 2.34. The molecule has 1 aliphatic heterocycles. The zero-order chi connectivity index (χ0) is 24.8. The number of hydrogen-bond acceptors (Lipinski definition) is 4. The topological polar surface area (TPSA) is 90.9 Å². The Bertz CT molecular complexity index is 1150. The summed E-state index contributed by atoms with van der Waals surface area (Å²) < 4.78 is 5.20. The van der Waals surface area contributed by atoms with Gasteiger partial charge in [0.25, 0.3) is 0 Å². The lowest BCUT2D eigenvalue weighted by Crippen LogP contribution is -2.50. The van der Waals surface area contributed by atoms with Crippen LogP contribution in [0.2, 0.25) is 5.02 Å². The predicted molar refractivity (Wildman–Crippen MR) is 135 cm³/mol. The third-order valence-electron chi connectivity index (χ3n) is 6.29. The van der Waals surface area contributed by atoms with Gasteiger partial charge in [-0.25, -0.2) is 4.79 Å². The summed E-state index contributed by atoms with van der Waals surface area (Å²) in [6.07, 6.45) is 0.785. The number of nitrogens with zero attached hydrogens (tertiary/aromatic N) is 1. The number of amides is 3. The van der Waals surface area contributed by atoms with Crippen molar-refractivity contribution in [3.05, 3.63) is 95.0 Å². The van der Waals surface area contributed by atoms with Gasteiger partial charge in [-0.3, -0.25) is 4.79 Å². The van der Waals surface area contributed by atoms with Gasteiger partial charge < -0.3 is 25.4 Å². The molecule has 0 radical (unpaired) electrons. The number of nitrogens with one attached hydrogen (secondary N) is 2. The maximum atomic E-state index is 13.5. The van der Waals surface area contributed by atoms with Crippen molar-refractivity contribution in [2.24, 2.45) is 0 Å². The largest absolute Gasteiger partial charge is 0.497 e. The fraction of sp³-hybridized carbons (Fsp3) is 0.259. The van der Waals surface area contributed by atoms with Gasteiger partial charge in [-0.2, -0.15) is 0 Å². The molecule has 3 N–H and O–H groups in total. The number of likely N-dealkylation sites (tertiary alicyclic amines) is 1. The van der Waals surface area contributed by atoms with E-state index in [-0.39, 0.29) is 5.91 Å². The first-order chi connectivity index (χ1) is 16.9. The number of aliphatic hydroxyl groups is 1. The number of rotatable bonds is 6. The van der Waals surface area contributed by atoms with Crippen LogP contribution < -0.4 is 15.4 Å². The van der Waals surface area contributed by atoms with Crippen molar-refractivity contribution in [1.29, 1.82) is 0 Å². The Morgan fingerprint density at radius 2 is 1.60 bits per heavy atom. The SMILES string of the molecule is COc1ccc(C2(O)CCN(C(=O)[C@H](NC(=O)Nc3ccc(Cl)cc3)c3ccccc3)CC2)cc1. The van der Waals surface area contributed by atoms with Crippen LogP contribution in [-0.2, 0) is 10.4 Å². The highest BCUT2D eigenvalue weighted by molar-refractivity contribution is 6.30.